The molecule has 0 aromatic rings. The fourth-order valence-electron chi connectivity index (χ4n) is 4.07. The van der Waals surface area contributed by atoms with E-state index in [1.807, 2.05) is 0 Å². The molecule has 5 nitrogen and oxygen atoms in total. The summed E-state index contributed by atoms with van der Waals surface area (Å²) in [5.41, 5.74) is 0. The van der Waals surface area contributed by atoms with E-state index in [0.717, 1.165) is 12.8 Å². The Morgan fingerprint density at radius 2 is 1.32 bits per heavy atom. The maximum atomic E-state index is 9.96. The van der Waals surface area contributed by atoms with Crippen molar-refractivity contribution in [3.05, 3.63) is 12.2 Å². The van der Waals surface area contributed by atoms with Gasteiger partial charge in [-0.15, -0.1) is 0 Å². The zero-order valence-corrected chi connectivity index (χ0v) is 20.1. The molecular weight excluding hydrogens is 392 g/mol. The molecule has 0 aromatic heterocycles. The van der Waals surface area contributed by atoms with Crippen LogP contribution in [0.15, 0.2) is 12.2 Å². The maximum absolute atomic E-state index is 9.96. The summed E-state index contributed by atoms with van der Waals surface area (Å²) in [5, 5.41) is 29.1. The van der Waals surface area contributed by atoms with Crippen LogP contribution in [0, 0.1) is 0 Å². The smallest absolute Gasteiger partial charge is 0.114 e. The summed E-state index contributed by atoms with van der Waals surface area (Å²) in [6, 6.07) is 0. The molecule has 1 rings (SSSR count). The highest BCUT2D eigenvalue weighted by Crippen LogP contribution is 2.18. The Balaban J connectivity index is 1.76. The fraction of sp³-hybridized carbons (Fsp3) is 0.923. The summed E-state index contributed by atoms with van der Waals surface area (Å²) >= 11 is 0. The molecule has 1 heterocycles. The molecule has 31 heavy (non-hydrogen) atoms. The first-order valence-corrected chi connectivity index (χ1v) is 13.0. The number of ether oxygens (including phenoxy) is 2. The van der Waals surface area contributed by atoms with Gasteiger partial charge in [0.15, 0.2) is 0 Å². The van der Waals surface area contributed by atoms with Gasteiger partial charge in [-0.3, -0.25) is 0 Å². The minimum absolute atomic E-state index is 0.0674. The van der Waals surface area contributed by atoms with Crippen molar-refractivity contribution in [3.63, 3.8) is 0 Å². The predicted molar refractivity (Wildman–Crippen MR) is 127 cm³/mol. The third kappa shape index (κ3) is 15.1. The van der Waals surface area contributed by atoms with Crippen LogP contribution in [-0.2, 0) is 9.47 Å². The Morgan fingerprint density at radius 3 is 1.84 bits per heavy atom. The van der Waals surface area contributed by atoms with E-state index >= 15 is 0 Å². The summed E-state index contributed by atoms with van der Waals surface area (Å²) in [6.45, 7) is 3.09. The van der Waals surface area contributed by atoms with Gasteiger partial charge in [0, 0.05) is 6.61 Å². The van der Waals surface area contributed by atoms with Crippen molar-refractivity contribution >= 4 is 0 Å². The lowest BCUT2D eigenvalue weighted by atomic mass is 10.1. The van der Waals surface area contributed by atoms with Crippen molar-refractivity contribution in [2.24, 2.45) is 0 Å². The van der Waals surface area contributed by atoms with Crippen LogP contribution in [0.2, 0.25) is 0 Å². The van der Waals surface area contributed by atoms with Gasteiger partial charge in [-0.25, -0.2) is 0 Å². The van der Waals surface area contributed by atoms with Crippen molar-refractivity contribution in [3.8, 4) is 0 Å². The topological polar surface area (TPSA) is 79.2 Å². The van der Waals surface area contributed by atoms with Gasteiger partial charge in [-0.1, -0.05) is 89.7 Å². The number of aliphatic hydroxyl groups excluding tert-OH is 3. The Labute approximate surface area is 191 Å². The highest BCUT2D eigenvalue weighted by atomic mass is 16.5. The third-order valence-electron chi connectivity index (χ3n) is 6.16. The number of unbranched alkanes of at least 4 members (excludes halogenated alkanes) is 14. The van der Waals surface area contributed by atoms with Crippen LogP contribution < -0.4 is 0 Å². The van der Waals surface area contributed by atoms with Gasteiger partial charge in [0.05, 0.1) is 13.2 Å². The van der Waals surface area contributed by atoms with Gasteiger partial charge < -0.3 is 24.8 Å². The van der Waals surface area contributed by atoms with Crippen molar-refractivity contribution in [1.82, 2.24) is 0 Å². The molecule has 1 aliphatic heterocycles. The molecular formula is C26H50O5. The standard InChI is InChI=1S/C26H50O5/c1-2-3-4-5-6-7-8-9-10-11-12-13-14-15-16-17-18-19-20-30-21-24(28)26-25(29)23(27)22-31-26/h11-12,23-29H,2-10,13-22H2,1H3/b12-11+/t23-,24+,25-,26-/m1/s1. The normalized spacial score (nSPS) is 22.5. The Kier molecular flexibility index (Phi) is 18.6. The molecule has 3 N–H and O–H groups in total. The minimum Gasteiger partial charge on any atom is -0.388 e. The first-order valence-electron chi connectivity index (χ1n) is 13.0. The molecule has 0 amide bonds. The SMILES string of the molecule is CCCCCCCCCC/C=C/CCCCCCCCOC[C@H](O)[C@H]1OC[C@@H](O)[C@H]1O. The zero-order chi connectivity index (χ0) is 22.6. The Hall–Kier alpha value is -0.460. The van der Waals surface area contributed by atoms with Crippen LogP contribution >= 0.6 is 0 Å². The highest BCUT2D eigenvalue weighted by Gasteiger charge is 2.39. The van der Waals surface area contributed by atoms with E-state index in [9.17, 15) is 15.3 Å². The van der Waals surface area contributed by atoms with Crippen LogP contribution in [0.4, 0.5) is 0 Å². The maximum Gasteiger partial charge on any atom is 0.114 e. The monoisotopic (exact) mass is 442 g/mol. The molecule has 1 saturated heterocycles. The summed E-state index contributed by atoms with van der Waals surface area (Å²) in [6.07, 6.45) is 22.0. The van der Waals surface area contributed by atoms with Crippen LogP contribution in [0.1, 0.15) is 110 Å². The lowest BCUT2D eigenvalue weighted by molar-refractivity contribution is -0.0813. The fourth-order valence-corrected chi connectivity index (χ4v) is 4.07. The first-order chi connectivity index (χ1) is 15.2. The van der Waals surface area contributed by atoms with Crippen molar-refractivity contribution in [2.75, 3.05) is 19.8 Å². The van der Waals surface area contributed by atoms with Crippen molar-refractivity contribution in [2.45, 2.75) is 134 Å². The largest absolute Gasteiger partial charge is 0.388 e. The molecule has 184 valence electrons. The lowest BCUT2D eigenvalue weighted by Crippen LogP contribution is -2.40. The van der Waals surface area contributed by atoms with Crippen LogP contribution in [0.25, 0.3) is 0 Å². The van der Waals surface area contributed by atoms with Crippen LogP contribution in [0.3, 0.4) is 0 Å². The molecule has 0 bridgehead atoms. The number of allylic oxidation sites excluding steroid dienone is 2. The van der Waals surface area contributed by atoms with E-state index in [0.29, 0.717) is 6.61 Å². The molecule has 0 spiro atoms. The number of hydrogen-bond acceptors (Lipinski definition) is 5. The number of aliphatic hydroxyl groups is 3. The van der Waals surface area contributed by atoms with Gasteiger partial charge in [-0.2, -0.15) is 0 Å². The van der Waals surface area contributed by atoms with E-state index in [-0.39, 0.29) is 13.2 Å². The van der Waals surface area contributed by atoms with Gasteiger partial charge in [0.25, 0.3) is 0 Å². The third-order valence-corrected chi connectivity index (χ3v) is 6.16. The van der Waals surface area contributed by atoms with Gasteiger partial charge in [0.1, 0.15) is 24.4 Å². The average molecular weight is 443 g/mol. The molecule has 0 unspecified atom stereocenters. The van der Waals surface area contributed by atoms with Crippen LogP contribution in [0.5, 0.6) is 0 Å². The van der Waals surface area contributed by atoms with E-state index in [4.69, 9.17) is 9.47 Å². The second kappa shape index (κ2) is 20.2. The zero-order valence-electron chi connectivity index (χ0n) is 20.1. The summed E-state index contributed by atoms with van der Waals surface area (Å²) in [5.74, 6) is 0. The first kappa shape index (κ1) is 28.6. The highest BCUT2D eigenvalue weighted by molar-refractivity contribution is 4.87. The van der Waals surface area contributed by atoms with Gasteiger partial charge in [0.2, 0.25) is 0 Å². The van der Waals surface area contributed by atoms with E-state index < -0.39 is 24.4 Å². The molecule has 0 saturated carbocycles. The summed E-state index contributed by atoms with van der Waals surface area (Å²) in [7, 11) is 0. The molecule has 5 heteroatoms. The van der Waals surface area contributed by atoms with Crippen LogP contribution in [-0.4, -0.2) is 59.6 Å². The van der Waals surface area contributed by atoms with Gasteiger partial charge >= 0.3 is 0 Å². The van der Waals surface area contributed by atoms with Gasteiger partial charge in [-0.05, 0) is 32.1 Å². The molecule has 4 atom stereocenters. The second-order valence-electron chi connectivity index (χ2n) is 9.14. The second-order valence-corrected chi connectivity index (χ2v) is 9.14. The van der Waals surface area contributed by atoms with E-state index in [2.05, 4.69) is 19.1 Å². The average Bonchev–Trinajstić information content (AvgIpc) is 3.10. The van der Waals surface area contributed by atoms with Crippen molar-refractivity contribution in [1.29, 1.82) is 0 Å². The molecule has 0 radical (unpaired) electrons. The summed E-state index contributed by atoms with van der Waals surface area (Å²) in [4.78, 5) is 0. The minimum atomic E-state index is -1.03. The number of hydrogen-bond donors (Lipinski definition) is 3. The Morgan fingerprint density at radius 1 is 0.806 bits per heavy atom. The molecule has 0 aromatic carbocycles. The quantitative estimate of drug-likeness (QED) is 0.166. The molecule has 1 fully saturated rings. The molecule has 1 aliphatic rings. The molecule has 0 aliphatic carbocycles. The van der Waals surface area contributed by atoms with E-state index in [1.54, 1.807) is 0 Å². The van der Waals surface area contributed by atoms with Crippen molar-refractivity contribution < 1.29 is 24.8 Å². The van der Waals surface area contributed by atoms with E-state index in [1.165, 1.54) is 89.9 Å². The summed E-state index contributed by atoms with van der Waals surface area (Å²) < 4.78 is 10.7. The Bertz CT molecular complexity index is 415. The number of rotatable bonds is 21. The lowest BCUT2D eigenvalue weighted by Gasteiger charge is -2.20. The predicted octanol–water partition coefficient (Wildman–Crippen LogP) is 5.30.